The minimum absolute atomic E-state index is 0. The number of fused-ring (bicyclic) bond motifs is 3. The Kier molecular flexibility index (Phi) is 12.7. The molecule has 0 saturated heterocycles. The number of halogens is 2. The molecule has 0 amide bonds. The van der Waals surface area contributed by atoms with Gasteiger partial charge in [0.05, 0.1) is 11.0 Å². The van der Waals surface area contributed by atoms with Crippen molar-refractivity contribution in [1.29, 1.82) is 0 Å². The van der Waals surface area contributed by atoms with E-state index >= 15 is 0 Å². The maximum absolute atomic E-state index is 5.93. The van der Waals surface area contributed by atoms with Gasteiger partial charge in [-0.3, -0.25) is 4.98 Å². The van der Waals surface area contributed by atoms with E-state index in [4.69, 9.17) is 11.6 Å². The number of pyridine rings is 2. The first-order valence-electron chi connectivity index (χ1n) is 9.80. The van der Waals surface area contributed by atoms with Gasteiger partial charge in [0.1, 0.15) is 5.15 Å². The quantitative estimate of drug-likeness (QED) is 0.131. The Balaban J connectivity index is 0.000000579. The number of hydrogen-bond acceptors (Lipinski definition) is 3. The van der Waals surface area contributed by atoms with E-state index in [2.05, 4.69) is 74.6 Å². The molecule has 0 radical (unpaired) electrons. The van der Waals surface area contributed by atoms with Crippen LogP contribution in [0.5, 0.6) is 0 Å². The summed E-state index contributed by atoms with van der Waals surface area (Å²) in [4.78, 5) is 8.80. The number of benzene rings is 2. The van der Waals surface area contributed by atoms with Gasteiger partial charge in [0.25, 0.3) is 0 Å². The summed E-state index contributed by atoms with van der Waals surface area (Å²) < 4.78 is 0. The molecule has 4 aromatic rings. The number of rotatable bonds is 3. The molecule has 0 saturated carbocycles. The summed E-state index contributed by atoms with van der Waals surface area (Å²) in [6, 6.07) is 21.5. The number of aromatic nitrogens is 2. The Morgan fingerprint density at radius 3 is 1.78 bits per heavy atom. The van der Waals surface area contributed by atoms with E-state index < -0.39 is 0 Å². The van der Waals surface area contributed by atoms with E-state index in [-0.39, 0.29) is 35.6 Å². The summed E-state index contributed by atoms with van der Waals surface area (Å²) in [5.41, 5.74) is 5.00. The predicted octanol–water partition coefficient (Wildman–Crippen LogP) is 8.09. The van der Waals surface area contributed by atoms with Gasteiger partial charge in [0, 0.05) is 5.39 Å². The first-order valence-corrected chi connectivity index (χ1v) is 10.2. The van der Waals surface area contributed by atoms with Crippen LogP contribution in [0.3, 0.4) is 0 Å². The van der Waals surface area contributed by atoms with Crippen molar-refractivity contribution in [3.05, 3.63) is 95.3 Å². The van der Waals surface area contributed by atoms with Crippen LogP contribution in [-0.4, -0.2) is 9.97 Å². The average Bonchev–Trinajstić information content (AvgIpc) is 2.73. The van der Waals surface area contributed by atoms with Crippen molar-refractivity contribution in [2.45, 2.75) is 39.5 Å². The molecule has 6 heteroatoms. The van der Waals surface area contributed by atoms with Crippen molar-refractivity contribution in [2.24, 2.45) is 0 Å². The third-order valence-electron chi connectivity index (χ3n) is 4.75. The van der Waals surface area contributed by atoms with Crippen molar-refractivity contribution in [1.82, 2.24) is 16.1 Å². The molecule has 0 aliphatic carbocycles. The molecule has 0 aliphatic rings. The molecular formula is C26H29Cl2FeN3. The molecular weight excluding hydrogens is 481 g/mol. The van der Waals surface area contributed by atoms with E-state index in [9.17, 15) is 0 Å². The van der Waals surface area contributed by atoms with Crippen molar-refractivity contribution < 1.29 is 17.1 Å². The van der Waals surface area contributed by atoms with Gasteiger partial charge < -0.3 is 6.15 Å². The van der Waals surface area contributed by atoms with Gasteiger partial charge in [0.2, 0.25) is 0 Å². The minimum atomic E-state index is 0. The van der Waals surface area contributed by atoms with Crippen molar-refractivity contribution in [2.75, 3.05) is 0 Å². The second-order valence-corrected chi connectivity index (χ2v) is 7.97. The van der Waals surface area contributed by atoms with Crippen LogP contribution in [0.2, 0.25) is 5.15 Å². The van der Waals surface area contributed by atoms with Crippen LogP contribution >= 0.6 is 24.0 Å². The molecule has 2 heterocycles. The van der Waals surface area contributed by atoms with Crippen LogP contribution in [0.4, 0.5) is 0 Å². The fourth-order valence-electron chi connectivity index (χ4n) is 3.02. The van der Waals surface area contributed by atoms with Gasteiger partial charge in [-0.25, -0.2) is 11.1 Å². The van der Waals surface area contributed by atoms with E-state index in [0.717, 1.165) is 21.8 Å². The second-order valence-electron chi connectivity index (χ2n) is 7.59. The molecule has 32 heavy (non-hydrogen) atoms. The molecule has 0 spiro atoms. The van der Waals surface area contributed by atoms with Gasteiger partial charge in [-0.15, -0.1) is 24.2 Å². The first kappa shape index (κ1) is 30.1. The summed E-state index contributed by atoms with van der Waals surface area (Å²) >= 11 is 5.93. The smallest absolute Gasteiger partial charge is 0.344 e. The molecule has 170 valence electrons. The Labute approximate surface area is 213 Å². The summed E-state index contributed by atoms with van der Waals surface area (Å²) in [5.74, 6) is 1.17. The zero-order valence-electron chi connectivity index (χ0n) is 18.8. The molecule has 0 aliphatic heterocycles. The summed E-state index contributed by atoms with van der Waals surface area (Å²) in [6.07, 6.45) is 2.78. The maximum Gasteiger partial charge on any atom is 2.00 e. The zero-order chi connectivity index (χ0) is 21.0. The van der Waals surface area contributed by atoms with Gasteiger partial charge in [-0.2, -0.15) is 48.0 Å². The van der Waals surface area contributed by atoms with Gasteiger partial charge in [-0.05, 0) is 29.4 Å². The fraction of sp³-hybridized carbons (Fsp3) is 0.231. The molecule has 3 nitrogen and oxygen atoms in total. The van der Waals surface area contributed by atoms with Gasteiger partial charge in [0.15, 0.2) is 0 Å². The summed E-state index contributed by atoms with van der Waals surface area (Å²) in [5, 5.41) is 2.53. The van der Waals surface area contributed by atoms with Crippen molar-refractivity contribution in [3.63, 3.8) is 0 Å². The average molecular weight is 510 g/mol. The molecule has 4 rings (SSSR count). The molecule has 0 unspecified atom stereocenters. The van der Waals surface area contributed by atoms with E-state index in [1.807, 2.05) is 30.3 Å². The van der Waals surface area contributed by atoms with E-state index in [1.54, 1.807) is 6.07 Å². The van der Waals surface area contributed by atoms with Gasteiger partial charge in [-0.1, -0.05) is 51.4 Å². The third-order valence-corrected chi connectivity index (χ3v) is 4.96. The molecule has 2 aromatic heterocycles. The van der Waals surface area contributed by atoms with Crippen LogP contribution in [-0.2, 0) is 17.1 Å². The minimum Gasteiger partial charge on any atom is -0.344 e. The van der Waals surface area contributed by atoms with Crippen LogP contribution in [0.15, 0.2) is 61.2 Å². The standard InChI is InChI=1S/C14H8ClN2.C12H17.ClH.Fe.H3N/c1-2-11-7-5-9-3-4-10-6-8-12(15)17-14(10)13(9)16-11;1-9(2)11-6-5-7-12(8-11)10(3)4;;;/h3-8H,1H2;5-7,9-10H,1-4H3;1H;;1H3/q2*-1;;+2;. The van der Waals surface area contributed by atoms with Crippen LogP contribution in [0, 0.1) is 12.1 Å². The van der Waals surface area contributed by atoms with Crippen molar-refractivity contribution >= 4 is 45.8 Å². The Morgan fingerprint density at radius 1 is 0.812 bits per heavy atom. The summed E-state index contributed by atoms with van der Waals surface area (Å²) in [7, 11) is 0. The zero-order valence-corrected chi connectivity index (χ0v) is 21.5. The predicted molar refractivity (Wildman–Crippen MR) is 136 cm³/mol. The maximum atomic E-state index is 5.93. The van der Waals surface area contributed by atoms with Crippen molar-refractivity contribution in [3.8, 4) is 0 Å². The normalized spacial score (nSPS) is 9.97. The first-order chi connectivity index (χ1) is 13.9. The number of hydrogen-bond donors (Lipinski definition) is 1. The molecule has 0 fully saturated rings. The Morgan fingerprint density at radius 2 is 1.28 bits per heavy atom. The van der Waals surface area contributed by atoms with Crippen LogP contribution in [0.25, 0.3) is 21.8 Å². The molecule has 2 aromatic carbocycles. The Hall–Kier alpha value is -1.94. The monoisotopic (exact) mass is 509 g/mol. The fourth-order valence-corrected chi connectivity index (χ4v) is 3.17. The van der Waals surface area contributed by atoms with E-state index in [1.165, 1.54) is 11.1 Å². The Bertz CT molecular complexity index is 1140. The SMILES string of the molecule is C=[C-]c1ccc2ccc3ccc(Cl)nc3c2n1.CC(C)c1[c-]c(C(C)C)ccc1.Cl.N.[Fe+2]. The van der Waals surface area contributed by atoms with Crippen LogP contribution in [0.1, 0.15) is 56.4 Å². The largest absolute Gasteiger partial charge is 2.00 e. The molecule has 0 bridgehead atoms. The number of nitrogens with zero attached hydrogens (tertiary/aromatic N) is 2. The third kappa shape index (κ3) is 7.30. The summed E-state index contributed by atoms with van der Waals surface area (Å²) in [6.45, 7) is 12.4. The molecule has 3 N–H and O–H groups in total. The van der Waals surface area contributed by atoms with Gasteiger partial charge >= 0.3 is 17.1 Å². The second kappa shape index (κ2) is 13.6. The molecule has 0 atom stereocenters. The van der Waals surface area contributed by atoms with Crippen LogP contribution < -0.4 is 6.15 Å². The topological polar surface area (TPSA) is 60.8 Å². The van der Waals surface area contributed by atoms with E-state index in [0.29, 0.717) is 22.7 Å².